The minimum Gasteiger partial charge on any atom is -0.330 e. The summed E-state index contributed by atoms with van der Waals surface area (Å²) in [4.78, 5) is 11.2. The molecule has 1 fully saturated rings. The molecule has 1 rings (SSSR count). The number of hydrogen-bond donors (Lipinski definition) is 3. The first-order chi connectivity index (χ1) is 5.25. The molecule has 4 N–H and O–H groups in total. The number of carbonyl (C=O) groups excluding carboxylic acids is 1. The summed E-state index contributed by atoms with van der Waals surface area (Å²) in [6.07, 6.45) is 1.74. The first-order valence-electron chi connectivity index (χ1n) is 4.00. The van der Waals surface area contributed by atoms with E-state index in [1.54, 1.807) is 0 Å². The van der Waals surface area contributed by atoms with Gasteiger partial charge in [-0.1, -0.05) is 0 Å². The van der Waals surface area contributed by atoms with Gasteiger partial charge in [-0.05, 0) is 26.3 Å². The van der Waals surface area contributed by atoms with Crippen LogP contribution in [0.4, 0.5) is 0 Å². The summed E-state index contributed by atoms with van der Waals surface area (Å²) in [5.41, 5.74) is 11.2. The zero-order chi connectivity index (χ0) is 8.27. The van der Waals surface area contributed by atoms with Crippen LogP contribution in [-0.2, 0) is 4.79 Å². The molecule has 1 aliphatic heterocycles. The molecule has 0 aromatic carbocycles. The summed E-state index contributed by atoms with van der Waals surface area (Å²) in [7, 11) is 0. The molecule has 1 aliphatic rings. The second-order valence-corrected chi connectivity index (χ2v) is 2.90. The van der Waals surface area contributed by atoms with E-state index in [-0.39, 0.29) is 17.9 Å². The Morgan fingerprint density at radius 2 is 2.27 bits per heavy atom. The van der Waals surface area contributed by atoms with Gasteiger partial charge in [0.05, 0.1) is 12.1 Å². The number of hydrazine groups is 1. The van der Waals surface area contributed by atoms with Crippen molar-refractivity contribution in [3.63, 3.8) is 0 Å². The zero-order valence-electron chi connectivity index (χ0n) is 6.76. The molecule has 1 saturated heterocycles. The highest BCUT2D eigenvalue weighted by Gasteiger charge is 2.29. The summed E-state index contributed by atoms with van der Waals surface area (Å²) in [6.45, 7) is 2.51. The van der Waals surface area contributed by atoms with Crippen molar-refractivity contribution >= 4 is 5.78 Å². The highest BCUT2D eigenvalue weighted by molar-refractivity contribution is 5.90. The van der Waals surface area contributed by atoms with Crippen molar-refractivity contribution in [3.8, 4) is 0 Å². The fourth-order valence-corrected chi connectivity index (χ4v) is 1.21. The number of Topliss-reactive ketones (excluding diaryl/α,β-unsaturated/α-hetero) is 1. The molecule has 4 nitrogen and oxygen atoms in total. The molecule has 0 spiro atoms. The van der Waals surface area contributed by atoms with Crippen molar-refractivity contribution in [3.05, 3.63) is 0 Å². The average Bonchev–Trinajstić information content (AvgIpc) is 2.31. The van der Waals surface area contributed by atoms with Gasteiger partial charge in [-0.2, -0.15) is 0 Å². The molecule has 11 heavy (non-hydrogen) atoms. The smallest absolute Gasteiger partial charge is 0.168 e. The molecule has 0 radical (unpaired) electrons. The SMILES string of the molecule is CC1NNC(CCCN)C1=O. The van der Waals surface area contributed by atoms with E-state index >= 15 is 0 Å². The number of nitrogens with two attached hydrogens (primary N) is 1. The van der Waals surface area contributed by atoms with Crippen molar-refractivity contribution in [1.82, 2.24) is 10.9 Å². The van der Waals surface area contributed by atoms with Crippen LogP contribution >= 0.6 is 0 Å². The van der Waals surface area contributed by atoms with E-state index in [9.17, 15) is 4.79 Å². The van der Waals surface area contributed by atoms with Crippen LogP contribution in [0.2, 0.25) is 0 Å². The lowest BCUT2D eigenvalue weighted by Crippen LogP contribution is -2.32. The molecule has 4 heteroatoms. The Bertz CT molecular complexity index is 149. The Morgan fingerprint density at radius 1 is 1.55 bits per heavy atom. The van der Waals surface area contributed by atoms with Crippen LogP contribution in [0.1, 0.15) is 19.8 Å². The summed E-state index contributed by atoms with van der Waals surface area (Å²) in [6, 6.07) is -0.0636. The largest absolute Gasteiger partial charge is 0.330 e. The van der Waals surface area contributed by atoms with E-state index in [4.69, 9.17) is 5.73 Å². The minimum atomic E-state index is -0.0437. The third-order valence-electron chi connectivity index (χ3n) is 1.94. The number of hydrogen-bond acceptors (Lipinski definition) is 4. The molecule has 1 heterocycles. The van der Waals surface area contributed by atoms with Gasteiger partial charge in [-0.25, -0.2) is 10.9 Å². The van der Waals surface area contributed by atoms with Gasteiger partial charge >= 0.3 is 0 Å². The van der Waals surface area contributed by atoms with E-state index in [2.05, 4.69) is 10.9 Å². The minimum absolute atomic E-state index is 0.0199. The van der Waals surface area contributed by atoms with Gasteiger partial charge in [0.15, 0.2) is 5.78 Å². The maximum absolute atomic E-state index is 11.2. The van der Waals surface area contributed by atoms with Gasteiger partial charge in [0.1, 0.15) is 0 Å². The molecular weight excluding hydrogens is 142 g/mol. The Kier molecular flexibility index (Phi) is 2.99. The Balaban J connectivity index is 2.30. The molecule has 2 atom stereocenters. The van der Waals surface area contributed by atoms with Gasteiger partial charge in [-0.15, -0.1) is 0 Å². The van der Waals surface area contributed by atoms with E-state index in [0.717, 1.165) is 12.8 Å². The van der Waals surface area contributed by atoms with E-state index < -0.39 is 0 Å². The molecule has 0 bridgehead atoms. The molecule has 64 valence electrons. The number of ketones is 1. The summed E-state index contributed by atoms with van der Waals surface area (Å²) < 4.78 is 0. The maximum atomic E-state index is 11.2. The van der Waals surface area contributed by atoms with E-state index in [0.29, 0.717) is 6.54 Å². The summed E-state index contributed by atoms with van der Waals surface area (Å²) in [5, 5.41) is 0. The summed E-state index contributed by atoms with van der Waals surface area (Å²) in [5.74, 6) is 0.249. The first kappa shape index (κ1) is 8.64. The lowest BCUT2D eigenvalue weighted by molar-refractivity contribution is -0.119. The molecule has 0 saturated carbocycles. The van der Waals surface area contributed by atoms with Crippen LogP contribution in [0.25, 0.3) is 0 Å². The Labute approximate surface area is 66.5 Å². The van der Waals surface area contributed by atoms with Gasteiger partial charge in [-0.3, -0.25) is 4.79 Å². The zero-order valence-corrected chi connectivity index (χ0v) is 6.76. The average molecular weight is 157 g/mol. The number of nitrogens with one attached hydrogen (secondary N) is 2. The van der Waals surface area contributed by atoms with Crippen LogP contribution in [-0.4, -0.2) is 24.4 Å². The second-order valence-electron chi connectivity index (χ2n) is 2.90. The summed E-state index contributed by atoms with van der Waals surface area (Å²) >= 11 is 0. The van der Waals surface area contributed by atoms with Gasteiger partial charge in [0.2, 0.25) is 0 Å². The van der Waals surface area contributed by atoms with Crippen LogP contribution in [0.5, 0.6) is 0 Å². The van der Waals surface area contributed by atoms with Crippen molar-refractivity contribution in [2.75, 3.05) is 6.54 Å². The second kappa shape index (κ2) is 3.80. The van der Waals surface area contributed by atoms with E-state index in [1.807, 2.05) is 6.92 Å². The predicted molar refractivity (Wildman–Crippen MR) is 42.8 cm³/mol. The van der Waals surface area contributed by atoms with Crippen LogP contribution < -0.4 is 16.6 Å². The van der Waals surface area contributed by atoms with E-state index in [1.165, 1.54) is 0 Å². The predicted octanol–water partition coefficient (Wildman–Crippen LogP) is -0.841. The Morgan fingerprint density at radius 3 is 2.73 bits per heavy atom. The number of rotatable bonds is 3. The van der Waals surface area contributed by atoms with Crippen molar-refractivity contribution < 1.29 is 4.79 Å². The molecule has 0 amide bonds. The topological polar surface area (TPSA) is 67.2 Å². The number of carbonyl (C=O) groups is 1. The monoisotopic (exact) mass is 157 g/mol. The van der Waals surface area contributed by atoms with Crippen molar-refractivity contribution in [1.29, 1.82) is 0 Å². The fraction of sp³-hybridized carbons (Fsp3) is 0.857. The Hall–Kier alpha value is -0.450. The van der Waals surface area contributed by atoms with Crippen LogP contribution in [0.3, 0.4) is 0 Å². The highest BCUT2D eigenvalue weighted by Crippen LogP contribution is 2.04. The quantitative estimate of drug-likeness (QED) is 0.499. The van der Waals surface area contributed by atoms with Gasteiger partial charge in [0, 0.05) is 0 Å². The lowest BCUT2D eigenvalue weighted by Gasteiger charge is -2.05. The highest BCUT2D eigenvalue weighted by atomic mass is 16.1. The maximum Gasteiger partial charge on any atom is 0.168 e. The van der Waals surface area contributed by atoms with Crippen LogP contribution in [0.15, 0.2) is 0 Å². The lowest BCUT2D eigenvalue weighted by atomic mass is 10.1. The molecule has 0 aromatic rings. The standard InChI is InChI=1S/C7H15N3O/c1-5-7(11)6(10-9-5)3-2-4-8/h5-6,9-10H,2-4,8H2,1H3. The van der Waals surface area contributed by atoms with Crippen molar-refractivity contribution in [2.24, 2.45) is 5.73 Å². The molecule has 0 aliphatic carbocycles. The first-order valence-corrected chi connectivity index (χ1v) is 4.00. The third kappa shape index (κ3) is 1.99. The fourth-order valence-electron chi connectivity index (χ4n) is 1.21. The van der Waals surface area contributed by atoms with Gasteiger partial charge in [0.25, 0.3) is 0 Å². The normalized spacial score (nSPS) is 31.3. The molecular formula is C7H15N3O. The molecule has 2 unspecified atom stereocenters. The molecule has 0 aromatic heterocycles. The van der Waals surface area contributed by atoms with Crippen molar-refractivity contribution in [2.45, 2.75) is 31.8 Å². The van der Waals surface area contributed by atoms with Crippen LogP contribution in [0, 0.1) is 0 Å². The third-order valence-corrected chi connectivity index (χ3v) is 1.94. The van der Waals surface area contributed by atoms with Gasteiger partial charge < -0.3 is 5.73 Å².